The first-order chi connectivity index (χ1) is 21.3. The van der Waals surface area contributed by atoms with Crippen LogP contribution in [0.4, 0.5) is 20.4 Å². The fourth-order valence-corrected chi connectivity index (χ4v) is 7.55. The van der Waals surface area contributed by atoms with Crippen LogP contribution in [0.15, 0.2) is 23.4 Å². The van der Waals surface area contributed by atoms with Crippen molar-refractivity contribution in [3.63, 3.8) is 0 Å². The van der Waals surface area contributed by atoms with Crippen LogP contribution in [-0.2, 0) is 43.9 Å². The Kier molecular flexibility index (Phi) is 7.49. The van der Waals surface area contributed by atoms with Gasteiger partial charge >= 0.3 is 14.5 Å². The first kappa shape index (κ1) is 30.6. The molecule has 2 bridgehead atoms. The monoisotopic (exact) mass is 694 g/mol. The van der Waals surface area contributed by atoms with E-state index in [4.69, 9.17) is 50.8 Å². The smallest absolute Gasteiger partial charge is 0.397 e. The summed E-state index contributed by atoms with van der Waals surface area (Å²) in [5.41, 5.74) is 10.9. The summed E-state index contributed by atoms with van der Waals surface area (Å²) >= 11 is 5.07. The number of nitrogen functional groups attached to an aromatic ring is 2. The number of hydrogen-bond acceptors (Lipinski definition) is 16. The van der Waals surface area contributed by atoms with E-state index in [1.165, 1.54) is 12.3 Å². The van der Waals surface area contributed by atoms with E-state index in [1.54, 1.807) is 0 Å². The SMILES string of the molecule is Nc1nc2c(ncn2[C@@H]2O[C@@H]3COP(O)(=S)O[C@H]4[C@H](F)[C@H](n5nnc6c(N)ccnc65)O[C@@H]4COP(=O)(O)O[C@@H]2[C@@H]3F)c(=O)[nH]1. The Hall–Kier alpha value is -3.08. The van der Waals surface area contributed by atoms with Crippen molar-refractivity contribution < 1.29 is 50.7 Å². The molecule has 0 spiro atoms. The average Bonchev–Trinajstić information content (AvgIpc) is 3.72. The quantitative estimate of drug-likeness (QED) is 0.169. The van der Waals surface area contributed by atoms with Crippen molar-refractivity contribution in [2.24, 2.45) is 0 Å². The van der Waals surface area contributed by atoms with Crippen molar-refractivity contribution in [2.75, 3.05) is 24.7 Å². The maximum Gasteiger partial charge on any atom is 0.472 e. The second-order valence-corrected chi connectivity index (χ2v) is 14.3. The molecule has 0 aliphatic carbocycles. The summed E-state index contributed by atoms with van der Waals surface area (Å²) in [4.78, 5) is 48.0. The summed E-state index contributed by atoms with van der Waals surface area (Å²) in [7, 11) is -5.19. The highest BCUT2D eigenvalue weighted by molar-refractivity contribution is 8.07. The molecule has 3 aliphatic heterocycles. The molecule has 0 saturated carbocycles. The molecule has 7 N–H and O–H groups in total. The van der Waals surface area contributed by atoms with Gasteiger partial charge in [0.05, 0.1) is 25.2 Å². The summed E-state index contributed by atoms with van der Waals surface area (Å²) in [6, 6.07) is 1.46. The Bertz CT molecular complexity index is 1950. The van der Waals surface area contributed by atoms with Gasteiger partial charge in [-0.1, -0.05) is 5.21 Å². The van der Waals surface area contributed by atoms with E-state index in [2.05, 4.69) is 30.2 Å². The van der Waals surface area contributed by atoms with E-state index in [0.717, 1.165) is 15.6 Å². The van der Waals surface area contributed by atoms with Gasteiger partial charge in [-0.15, -0.1) is 5.10 Å². The number of aromatic nitrogens is 8. The predicted octanol–water partition coefficient (Wildman–Crippen LogP) is -0.271. The molecule has 3 saturated heterocycles. The molecule has 45 heavy (non-hydrogen) atoms. The lowest BCUT2D eigenvalue weighted by Gasteiger charge is -2.26. The fourth-order valence-electron chi connectivity index (χ4n) is 5.18. The minimum Gasteiger partial charge on any atom is -0.397 e. The molecular formula is C20H22F2N10O10P2S. The number of phosphoric acid groups is 1. The molecule has 0 aromatic carbocycles. The molecule has 7 rings (SSSR count). The first-order valence-corrected chi connectivity index (χ1v) is 17.0. The van der Waals surface area contributed by atoms with Gasteiger partial charge in [0.25, 0.3) is 5.56 Å². The highest BCUT2D eigenvalue weighted by Crippen LogP contribution is 2.54. The predicted molar refractivity (Wildman–Crippen MR) is 148 cm³/mol. The lowest BCUT2D eigenvalue weighted by Crippen LogP contribution is -2.34. The molecule has 3 aliphatic rings. The number of alkyl halides is 2. The van der Waals surface area contributed by atoms with Gasteiger partial charge in [0.1, 0.15) is 24.4 Å². The van der Waals surface area contributed by atoms with Crippen molar-refractivity contribution in [1.29, 1.82) is 0 Å². The van der Waals surface area contributed by atoms with Crippen molar-refractivity contribution in [1.82, 2.24) is 39.5 Å². The van der Waals surface area contributed by atoms with E-state index in [-0.39, 0.29) is 34.0 Å². The van der Waals surface area contributed by atoms with Crippen molar-refractivity contribution in [3.05, 3.63) is 28.9 Å². The number of ether oxygens (including phenoxy) is 2. The molecule has 4 aromatic heterocycles. The molecule has 2 unspecified atom stereocenters. The second kappa shape index (κ2) is 11.0. The minimum atomic E-state index is -5.19. The van der Waals surface area contributed by atoms with Gasteiger partial charge in [0, 0.05) is 6.20 Å². The number of anilines is 2. The molecule has 4 aromatic rings. The van der Waals surface area contributed by atoms with Crippen molar-refractivity contribution >= 4 is 60.3 Å². The summed E-state index contributed by atoms with van der Waals surface area (Å²) < 4.78 is 79.4. The van der Waals surface area contributed by atoms with Gasteiger partial charge in [0.2, 0.25) is 5.95 Å². The number of aromatic amines is 1. The van der Waals surface area contributed by atoms with Crippen LogP contribution in [0.1, 0.15) is 12.5 Å². The van der Waals surface area contributed by atoms with E-state index >= 15 is 8.78 Å². The zero-order valence-corrected chi connectivity index (χ0v) is 24.9. The minimum absolute atomic E-state index is 0.0484. The number of nitrogens with zero attached hydrogens (tertiary/aromatic N) is 7. The van der Waals surface area contributed by atoms with Gasteiger partial charge in [-0.3, -0.25) is 27.9 Å². The van der Waals surface area contributed by atoms with E-state index in [1.807, 2.05) is 0 Å². The largest absolute Gasteiger partial charge is 0.472 e. The Morgan fingerprint density at radius 1 is 1.00 bits per heavy atom. The first-order valence-electron chi connectivity index (χ1n) is 12.9. The van der Waals surface area contributed by atoms with Gasteiger partial charge < -0.3 is 35.3 Å². The molecule has 242 valence electrons. The number of H-pyrrole nitrogens is 1. The van der Waals surface area contributed by atoms with Crippen LogP contribution in [0.5, 0.6) is 0 Å². The average molecular weight is 694 g/mol. The topological polar surface area (TPSA) is 272 Å². The molecule has 25 heteroatoms. The number of pyridine rings is 1. The lowest BCUT2D eigenvalue weighted by atomic mass is 10.1. The van der Waals surface area contributed by atoms with Crippen molar-refractivity contribution in [2.45, 2.75) is 49.2 Å². The number of hydrogen-bond donors (Lipinski definition) is 5. The highest BCUT2D eigenvalue weighted by Gasteiger charge is 2.54. The van der Waals surface area contributed by atoms with Crippen LogP contribution >= 0.6 is 14.5 Å². The molecular weight excluding hydrogens is 672 g/mol. The molecule has 20 nitrogen and oxygen atoms in total. The normalized spacial score (nSPS) is 37.7. The van der Waals surface area contributed by atoms with Gasteiger partial charge in [0.15, 0.2) is 47.1 Å². The summed E-state index contributed by atoms with van der Waals surface area (Å²) in [5, 5.41) is 7.75. The number of phosphoric ester groups is 1. The van der Waals surface area contributed by atoms with Crippen LogP contribution in [0, 0.1) is 0 Å². The van der Waals surface area contributed by atoms with Gasteiger partial charge in [-0.25, -0.2) is 23.3 Å². The number of rotatable bonds is 2. The molecule has 7 heterocycles. The zero-order valence-electron chi connectivity index (χ0n) is 22.3. The molecule has 0 amide bonds. The maximum absolute atomic E-state index is 15.9. The third kappa shape index (κ3) is 5.42. The molecule has 3 fully saturated rings. The molecule has 10 atom stereocenters. The Morgan fingerprint density at radius 3 is 2.56 bits per heavy atom. The summed E-state index contributed by atoms with van der Waals surface area (Å²) in [5.74, 6) is -0.299. The number of nitrogens with one attached hydrogen (secondary N) is 1. The Labute approximate surface area is 253 Å². The van der Waals surface area contributed by atoms with E-state index < -0.39 is 82.5 Å². The number of halogens is 2. The van der Waals surface area contributed by atoms with Crippen LogP contribution in [0.3, 0.4) is 0 Å². The van der Waals surface area contributed by atoms with Crippen LogP contribution in [0.2, 0.25) is 0 Å². The van der Waals surface area contributed by atoms with Crippen molar-refractivity contribution in [3.8, 4) is 0 Å². The van der Waals surface area contributed by atoms with E-state index in [9.17, 15) is 19.1 Å². The fraction of sp³-hybridized carbons (Fsp3) is 0.500. The number of fused-ring (bicyclic) bond motifs is 5. The van der Waals surface area contributed by atoms with Gasteiger partial charge in [-0.2, -0.15) is 9.67 Å². The Morgan fingerprint density at radius 2 is 1.76 bits per heavy atom. The third-order valence-corrected chi connectivity index (χ3v) is 9.75. The maximum atomic E-state index is 15.9. The number of nitrogens with two attached hydrogens (primary N) is 2. The summed E-state index contributed by atoms with van der Waals surface area (Å²) in [6.07, 6.45) is -11.9. The van der Waals surface area contributed by atoms with Gasteiger partial charge in [-0.05, 0) is 17.9 Å². The standard InChI is InChI=1S/C20H22F2N10O10P2S/c21-9-7-3-38-44(36,45)42-13-8(40-18(10(13)22)32-15-11(29-30-32)6(23)1-2-25-15)4-37-43(34,35)41-14(9)19(39-7)31-5-26-12-16(31)27-20(24)28-17(12)33/h1-2,5,7-10,13-14,18-19H,3-4H2,(H2,23,25)(H,34,35)(H,36,45)(H3,24,27,28,33)/t7-,8-,9-,10+,13-,14-,18-,19-,44?/m1/s1. The van der Waals surface area contributed by atoms with Crippen LogP contribution in [0.25, 0.3) is 22.3 Å². The zero-order chi connectivity index (χ0) is 31.8. The van der Waals surface area contributed by atoms with Crippen LogP contribution in [-0.4, -0.2) is 99.3 Å². The molecule has 0 radical (unpaired) electrons. The second-order valence-electron chi connectivity index (χ2n) is 10.1. The highest BCUT2D eigenvalue weighted by atomic mass is 32.5. The lowest BCUT2D eigenvalue weighted by molar-refractivity contribution is -0.0659. The van der Waals surface area contributed by atoms with E-state index in [0.29, 0.717) is 0 Å². The Balaban J connectivity index is 1.21. The number of imidazole rings is 1. The summed E-state index contributed by atoms with van der Waals surface area (Å²) in [6.45, 7) is -6.04. The third-order valence-electron chi connectivity index (χ3n) is 7.21. The van der Waals surface area contributed by atoms with Crippen LogP contribution < -0.4 is 17.0 Å².